The molecule has 0 amide bonds. The Morgan fingerprint density at radius 1 is 0.917 bits per heavy atom. The van der Waals surface area contributed by atoms with Crippen LogP contribution in [0, 0.1) is 11.8 Å². The monoisotopic (exact) mass is 334 g/mol. The summed E-state index contributed by atoms with van der Waals surface area (Å²) in [6.07, 6.45) is 7.77. The van der Waals surface area contributed by atoms with Gasteiger partial charge in [0.25, 0.3) is 0 Å². The van der Waals surface area contributed by atoms with E-state index in [4.69, 9.17) is 18.9 Å². The molecule has 2 unspecified atom stereocenters. The first-order valence-corrected chi connectivity index (χ1v) is 8.71. The fourth-order valence-corrected chi connectivity index (χ4v) is 5.31. The van der Waals surface area contributed by atoms with Gasteiger partial charge in [-0.15, -0.1) is 0 Å². The molecule has 2 spiro atoms. The van der Waals surface area contributed by atoms with Crippen LogP contribution in [0.1, 0.15) is 39.5 Å². The Bertz CT molecular complexity index is 672. The maximum absolute atomic E-state index is 11.3. The third kappa shape index (κ3) is 1.78. The number of rotatable bonds is 0. The average molecular weight is 334 g/mol. The summed E-state index contributed by atoms with van der Waals surface area (Å²) in [5.41, 5.74) is -0.841. The fraction of sp³-hybridized carbons (Fsp3) is 0.778. The first-order chi connectivity index (χ1) is 11.3. The van der Waals surface area contributed by atoms with E-state index in [2.05, 4.69) is 6.92 Å². The quantitative estimate of drug-likeness (QED) is 0.494. The van der Waals surface area contributed by atoms with E-state index in [1.807, 2.05) is 19.1 Å². The van der Waals surface area contributed by atoms with Gasteiger partial charge in [-0.1, -0.05) is 6.08 Å². The molecule has 0 aromatic carbocycles. The zero-order valence-corrected chi connectivity index (χ0v) is 14.0. The summed E-state index contributed by atoms with van der Waals surface area (Å²) in [4.78, 5) is 22.5. The fourth-order valence-electron chi connectivity index (χ4n) is 5.31. The number of carbonyl (C=O) groups is 2. The predicted molar refractivity (Wildman–Crippen MR) is 80.9 cm³/mol. The van der Waals surface area contributed by atoms with Crippen LogP contribution in [0.2, 0.25) is 0 Å². The molecule has 130 valence electrons. The molecule has 0 saturated carbocycles. The maximum atomic E-state index is 11.3. The van der Waals surface area contributed by atoms with E-state index in [-0.39, 0.29) is 40.6 Å². The van der Waals surface area contributed by atoms with Gasteiger partial charge in [0.1, 0.15) is 24.4 Å². The molecule has 6 atom stereocenters. The lowest BCUT2D eigenvalue weighted by atomic mass is 9.76. The van der Waals surface area contributed by atoms with Crippen molar-refractivity contribution in [1.82, 2.24) is 0 Å². The van der Waals surface area contributed by atoms with Crippen LogP contribution in [-0.4, -0.2) is 47.6 Å². The van der Waals surface area contributed by atoms with E-state index in [1.54, 1.807) is 0 Å². The Morgan fingerprint density at radius 3 is 2.33 bits per heavy atom. The smallest absolute Gasteiger partial charge is 0.312 e. The molecule has 6 heteroatoms. The Kier molecular flexibility index (Phi) is 2.62. The molecule has 6 aliphatic heterocycles. The highest BCUT2D eigenvalue weighted by atomic mass is 16.6. The van der Waals surface area contributed by atoms with Crippen LogP contribution in [0.3, 0.4) is 0 Å². The van der Waals surface area contributed by atoms with Crippen molar-refractivity contribution in [3.8, 4) is 0 Å². The average Bonchev–Trinajstić information content (AvgIpc) is 3.31. The van der Waals surface area contributed by atoms with Crippen molar-refractivity contribution in [1.29, 1.82) is 0 Å². The summed E-state index contributed by atoms with van der Waals surface area (Å²) in [6, 6.07) is 0. The topological polar surface area (TPSA) is 71.1 Å². The van der Waals surface area contributed by atoms with Crippen LogP contribution >= 0.6 is 0 Å². The largest absolute Gasteiger partial charge is 0.462 e. The normalized spacial score (nSPS) is 55.1. The lowest BCUT2D eigenvalue weighted by molar-refractivity contribution is -0.142. The van der Waals surface area contributed by atoms with Crippen LogP contribution < -0.4 is 0 Å². The minimum absolute atomic E-state index is 0.0237. The van der Waals surface area contributed by atoms with Crippen molar-refractivity contribution in [2.45, 2.75) is 61.9 Å². The molecule has 4 bridgehead atoms. The van der Waals surface area contributed by atoms with E-state index in [1.165, 1.54) is 0 Å². The van der Waals surface area contributed by atoms with Gasteiger partial charge in [0.2, 0.25) is 0 Å². The van der Waals surface area contributed by atoms with Crippen molar-refractivity contribution in [2.75, 3.05) is 13.2 Å². The van der Waals surface area contributed by atoms with Gasteiger partial charge < -0.3 is 18.9 Å². The maximum Gasteiger partial charge on any atom is 0.312 e. The Labute approximate surface area is 140 Å². The third-order valence-electron chi connectivity index (χ3n) is 6.61. The molecule has 0 aliphatic carbocycles. The molecule has 6 heterocycles. The van der Waals surface area contributed by atoms with Crippen LogP contribution in [0.25, 0.3) is 0 Å². The Hall–Kier alpha value is -1.40. The van der Waals surface area contributed by atoms with Gasteiger partial charge in [0, 0.05) is 0 Å². The van der Waals surface area contributed by atoms with E-state index in [9.17, 15) is 9.59 Å². The summed E-state index contributed by atoms with van der Waals surface area (Å²) in [7, 11) is 0. The summed E-state index contributed by atoms with van der Waals surface area (Å²) in [5, 5.41) is 0. The highest BCUT2D eigenvalue weighted by Crippen LogP contribution is 2.57. The number of esters is 2. The summed E-state index contributed by atoms with van der Waals surface area (Å²) < 4.78 is 21.7. The number of cyclic esters (lactones) is 2. The van der Waals surface area contributed by atoms with Gasteiger partial charge in [-0.2, -0.15) is 0 Å². The Balaban J connectivity index is 0.000000109. The molecule has 6 nitrogen and oxygen atoms in total. The minimum Gasteiger partial charge on any atom is -0.462 e. The molecule has 0 aromatic rings. The number of ether oxygens (including phenoxy) is 4. The zero-order chi connectivity index (χ0) is 16.8. The van der Waals surface area contributed by atoms with Gasteiger partial charge in [-0.3, -0.25) is 9.59 Å². The SMILES string of the molecule is C[C@@]12C=C[C@]3(COC(=O)C3C1)O2.C[C@@]12CC[C@]3(COC(=O)C3C1)O2. The van der Waals surface area contributed by atoms with Crippen LogP contribution in [-0.2, 0) is 28.5 Å². The number of carbonyl (C=O) groups excluding carboxylic acids is 2. The standard InChI is InChI=1S/C9H12O3.C9H10O3/c2*1-8-2-3-9(12-8)5-11-7(10)6(9)4-8/h6H,2-5H2,1H3;2-3,6H,4-5H2,1H3/t2*6?,8-,9-/m11/s1. The van der Waals surface area contributed by atoms with Crippen molar-refractivity contribution >= 4 is 11.9 Å². The molecule has 24 heavy (non-hydrogen) atoms. The molecule has 5 fully saturated rings. The highest BCUT2D eigenvalue weighted by molar-refractivity contribution is 5.78. The second-order valence-electron chi connectivity index (χ2n) is 8.55. The molecule has 6 aliphatic rings. The summed E-state index contributed by atoms with van der Waals surface area (Å²) >= 11 is 0. The second kappa shape index (κ2) is 4.22. The highest BCUT2D eigenvalue weighted by Gasteiger charge is 2.66. The number of hydrogen-bond acceptors (Lipinski definition) is 6. The van der Waals surface area contributed by atoms with Gasteiger partial charge in [0.05, 0.1) is 23.0 Å². The molecule has 0 aromatic heterocycles. The van der Waals surface area contributed by atoms with Crippen LogP contribution in [0.5, 0.6) is 0 Å². The van der Waals surface area contributed by atoms with Crippen molar-refractivity contribution in [2.24, 2.45) is 11.8 Å². The van der Waals surface area contributed by atoms with E-state index < -0.39 is 5.60 Å². The van der Waals surface area contributed by atoms with Crippen molar-refractivity contribution in [3.05, 3.63) is 12.2 Å². The summed E-state index contributed by atoms with van der Waals surface area (Å²) in [5.74, 6) is -0.148. The molecule has 0 radical (unpaired) electrons. The van der Waals surface area contributed by atoms with Gasteiger partial charge >= 0.3 is 11.9 Å². The molecule has 5 saturated heterocycles. The lowest BCUT2D eigenvalue weighted by Crippen LogP contribution is -2.33. The van der Waals surface area contributed by atoms with Crippen LogP contribution in [0.4, 0.5) is 0 Å². The first-order valence-electron chi connectivity index (χ1n) is 8.71. The number of fused-ring (bicyclic) bond motifs is 2. The van der Waals surface area contributed by atoms with E-state index >= 15 is 0 Å². The van der Waals surface area contributed by atoms with Crippen molar-refractivity contribution in [3.63, 3.8) is 0 Å². The zero-order valence-electron chi connectivity index (χ0n) is 14.0. The van der Waals surface area contributed by atoms with Gasteiger partial charge in [-0.25, -0.2) is 0 Å². The van der Waals surface area contributed by atoms with E-state index in [0.29, 0.717) is 13.2 Å². The number of hydrogen-bond donors (Lipinski definition) is 0. The van der Waals surface area contributed by atoms with E-state index in [0.717, 1.165) is 25.7 Å². The lowest BCUT2D eigenvalue weighted by Gasteiger charge is -2.20. The summed E-state index contributed by atoms with van der Waals surface area (Å²) in [6.45, 7) is 5.02. The minimum atomic E-state index is -0.397. The van der Waals surface area contributed by atoms with Gasteiger partial charge in [-0.05, 0) is 45.6 Å². The second-order valence-corrected chi connectivity index (χ2v) is 8.55. The third-order valence-corrected chi connectivity index (χ3v) is 6.61. The first kappa shape index (κ1) is 14.9. The molecule has 6 rings (SSSR count). The molecular weight excluding hydrogens is 312 g/mol. The van der Waals surface area contributed by atoms with Crippen molar-refractivity contribution < 1.29 is 28.5 Å². The Morgan fingerprint density at radius 2 is 1.67 bits per heavy atom. The predicted octanol–water partition coefficient (Wildman–Crippen LogP) is 1.52. The van der Waals surface area contributed by atoms with Gasteiger partial charge in [0.15, 0.2) is 0 Å². The van der Waals surface area contributed by atoms with Crippen LogP contribution in [0.15, 0.2) is 12.2 Å². The molecular formula is C18H22O6. The molecule has 0 N–H and O–H groups in total.